The van der Waals surface area contributed by atoms with E-state index >= 15 is 0 Å². The number of likely N-dealkylation sites (N-methyl/N-ethyl adjacent to an activating group) is 1. The minimum absolute atomic E-state index is 0.0631. The predicted molar refractivity (Wildman–Crippen MR) is 98.9 cm³/mol. The number of carbonyl (C=O) groups is 2. The van der Waals surface area contributed by atoms with E-state index in [1.165, 1.54) is 11.3 Å². The lowest BCUT2D eigenvalue weighted by molar-refractivity contribution is -0.130. The Labute approximate surface area is 149 Å². The molecule has 0 radical (unpaired) electrons. The number of urea groups is 1. The van der Waals surface area contributed by atoms with E-state index in [0.29, 0.717) is 17.4 Å². The van der Waals surface area contributed by atoms with Gasteiger partial charge in [-0.2, -0.15) is 0 Å². The summed E-state index contributed by atoms with van der Waals surface area (Å²) >= 11 is 0. The third-order valence-electron chi connectivity index (χ3n) is 4.66. The summed E-state index contributed by atoms with van der Waals surface area (Å²) in [4.78, 5) is 25.6. The minimum Gasteiger partial charge on any atom is -0.482 e. The molecule has 1 aromatic carbocycles. The van der Waals surface area contributed by atoms with Crippen LogP contribution >= 0.6 is 0 Å². The zero-order valence-corrected chi connectivity index (χ0v) is 15.6. The van der Waals surface area contributed by atoms with Gasteiger partial charge in [-0.05, 0) is 43.4 Å². The first kappa shape index (κ1) is 19.1. The molecule has 2 rings (SSSR count). The molecule has 138 valence electrons. The molecule has 2 unspecified atom stereocenters. The van der Waals surface area contributed by atoms with Gasteiger partial charge in [-0.1, -0.05) is 25.8 Å². The number of aryl methyl sites for hydroxylation is 1. The number of nitrogens with zero attached hydrogens (tertiary/aromatic N) is 1. The largest absolute Gasteiger partial charge is 0.482 e. The second-order valence-corrected chi connectivity index (χ2v) is 7.04. The maximum absolute atomic E-state index is 12.4. The molecule has 1 aliphatic rings. The summed E-state index contributed by atoms with van der Waals surface area (Å²) in [6.07, 6.45) is 4.55. The van der Waals surface area contributed by atoms with E-state index in [9.17, 15) is 9.59 Å². The van der Waals surface area contributed by atoms with Crippen LogP contribution in [0.5, 0.6) is 5.75 Å². The van der Waals surface area contributed by atoms with Crippen LogP contribution in [0, 0.1) is 12.8 Å². The van der Waals surface area contributed by atoms with Crippen LogP contribution in [0.4, 0.5) is 10.5 Å². The van der Waals surface area contributed by atoms with Crippen LogP contribution in [0.3, 0.4) is 0 Å². The Hall–Kier alpha value is -2.24. The van der Waals surface area contributed by atoms with Gasteiger partial charge in [-0.3, -0.25) is 4.79 Å². The number of carbonyl (C=O) groups excluding carboxylic acids is 2. The maximum Gasteiger partial charge on any atom is 0.319 e. The second kappa shape index (κ2) is 8.74. The minimum atomic E-state index is -0.230. The summed E-state index contributed by atoms with van der Waals surface area (Å²) in [7, 11) is 3.36. The smallest absolute Gasteiger partial charge is 0.319 e. The third-order valence-corrected chi connectivity index (χ3v) is 4.66. The number of hydrogen-bond acceptors (Lipinski definition) is 3. The van der Waals surface area contributed by atoms with Crippen molar-refractivity contribution in [2.45, 2.75) is 45.6 Å². The molecule has 25 heavy (non-hydrogen) atoms. The molecule has 6 nitrogen and oxygen atoms in total. The molecule has 1 saturated carbocycles. The van der Waals surface area contributed by atoms with Gasteiger partial charge in [0.05, 0.1) is 5.69 Å². The summed E-state index contributed by atoms with van der Waals surface area (Å²) in [5.41, 5.74) is 1.57. The van der Waals surface area contributed by atoms with Gasteiger partial charge in [0.15, 0.2) is 6.61 Å². The standard InChI is InChI=1S/C19H29N3O3/c1-13-9-10-16(17(11-13)25-12-18(23)22(3)4)21-19(24)20-15-8-6-5-7-14(15)2/h9-11,14-15H,5-8,12H2,1-4H3,(H2,20,21,24). The number of nitrogens with one attached hydrogen (secondary N) is 2. The summed E-state index contributed by atoms with van der Waals surface area (Å²) < 4.78 is 5.62. The number of amides is 3. The van der Waals surface area contributed by atoms with Crippen LogP contribution in [0.25, 0.3) is 0 Å². The normalized spacial score (nSPS) is 19.8. The van der Waals surface area contributed by atoms with E-state index in [2.05, 4.69) is 17.6 Å². The van der Waals surface area contributed by atoms with E-state index in [1.54, 1.807) is 20.2 Å². The predicted octanol–water partition coefficient (Wildman–Crippen LogP) is 3.16. The number of rotatable bonds is 5. The molecule has 0 bridgehead atoms. The van der Waals surface area contributed by atoms with Gasteiger partial charge in [-0.25, -0.2) is 4.79 Å². The van der Waals surface area contributed by atoms with Crippen molar-refractivity contribution in [1.29, 1.82) is 0 Å². The van der Waals surface area contributed by atoms with Crippen LogP contribution < -0.4 is 15.4 Å². The Morgan fingerprint density at radius 3 is 2.64 bits per heavy atom. The van der Waals surface area contributed by atoms with Crippen molar-refractivity contribution < 1.29 is 14.3 Å². The molecule has 2 N–H and O–H groups in total. The van der Waals surface area contributed by atoms with Gasteiger partial charge in [0.25, 0.3) is 5.91 Å². The van der Waals surface area contributed by atoms with Crippen molar-refractivity contribution in [1.82, 2.24) is 10.2 Å². The molecule has 0 saturated heterocycles. The molecule has 0 heterocycles. The fourth-order valence-corrected chi connectivity index (χ4v) is 2.98. The molecular weight excluding hydrogens is 318 g/mol. The zero-order valence-electron chi connectivity index (χ0n) is 15.6. The maximum atomic E-state index is 12.4. The first-order valence-corrected chi connectivity index (χ1v) is 8.88. The molecule has 0 aliphatic heterocycles. The van der Waals surface area contributed by atoms with Crippen LogP contribution in [0.2, 0.25) is 0 Å². The Balaban J connectivity index is 2.00. The van der Waals surface area contributed by atoms with E-state index in [-0.39, 0.29) is 24.6 Å². The second-order valence-electron chi connectivity index (χ2n) is 7.04. The first-order chi connectivity index (χ1) is 11.9. The summed E-state index contributed by atoms with van der Waals surface area (Å²) in [6.45, 7) is 4.05. The molecule has 3 amide bonds. The van der Waals surface area contributed by atoms with Gasteiger partial charge < -0.3 is 20.3 Å². The monoisotopic (exact) mass is 347 g/mol. The summed E-state index contributed by atoms with van der Waals surface area (Å²) in [6, 6.07) is 5.50. The highest BCUT2D eigenvalue weighted by Crippen LogP contribution is 2.27. The molecular formula is C19H29N3O3. The quantitative estimate of drug-likeness (QED) is 0.859. The van der Waals surface area contributed by atoms with Gasteiger partial charge in [0.1, 0.15) is 5.75 Å². The first-order valence-electron chi connectivity index (χ1n) is 8.88. The van der Waals surface area contributed by atoms with Crippen LogP contribution in [0.15, 0.2) is 18.2 Å². The number of ether oxygens (including phenoxy) is 1. The van der Waals surface area contributed by atoms with Crippen LogP contribution in [0.1, 0.15) is 38.2 Å². The van der Waals surface area contributed by atoms with Crippen molar-refractivity contribution in [2.75, 3.05) is 26.0 Å². The third kappa shape index (κ3) is 5.66. The molecule has 2 atom stereocenters. The van der Waals surface area contributed by atoms with Crippen molar-refractivity contribution in [2.24, 2.45) is 5.92 Å². The lowest BCUT2D eigenvalue weighted by Gasteiger charge is -2.29. The topological polar surface area (TPSA) is 70.7 Å². The molecule has 0 spiro atoms. The highest BCUT2D eigenvalue weighted by Gasteiger charge is 2.23. The van der Waals surface area contributed by atoms with E-state index < -0.39 is 0 Å². The lowest BCUT2D eigenvalue weighted by atomic mass is 9.86. The number of anilines is 1. The fraction of sp³-hybridized carbons (Fsp3) is 0.579. The molecule has 1 aromatic rings. The van der Waals surface area contributed by atoms with Crippen molar-refractivity contribution in [3.8, 4) is 5.75 Å². The average molecular weight is 347 g/mol. The van der Waals surface area contributed by atoms with E-state index in [4.69, 9.17) is 4.74 Å². The Kier molecular flexibility index (Phi) is 6.67. The van der Waals surface area contributed by atoms with Gasteiger partial charge in [-0.15, -0.1) is 0 Å². The van der Waals surface area contributed by atoms with Crippen molar-refractivity contribution >= 4 is 17.6 Å². The van der Waals surface area contributed by atoms with E-state index in [0.717, 1.165) is 24.8 Å². The van der Waals surface area contributed by atoms with E-state index in [1.807, 2.05) is 19.1 Å². The highest BCUT2D eigenvalue weighted by molar-refractivity contribution is 5.91. The SMILES string of the molecule is Cc1ccc(NC(=O)NC2CCCCC2C)c(OCC(=O)N(C)C)c1. The van der Waals surface area contributed by atoms with Crippen molar-refractivity contribution in [3.63, 3.8) is 0 Å². The van der Waals surface area contributed by atoms with Crippen LogP contribution in [-0.2, 0) is 4.79 Å². The summed E-state index contributed by atoms with van der Waals surface area (Å²) in [5, 5.41) is 5.92. The molecule has 6 heteroatoms. The fourth-order valence-electron chi connectivity index (χ4n) is 2.98. The summed E-state index contributed by atoms with van der Waals surface area (Å²) in [5.74, 6) is 0.862. The average Bonchev–Trinajstić information content (AvgIpc) is 2.56. The molecule has 1 aliphatic carbocycles. The Morgan fingerprint density at radius 2 is 1.96 bits per heavy atom. The zero-order chi connectivity index (χ0) is 18.4. The van der Waals surface area contributed by atoms with Gasteiger partial charge >= 0.3 is 6.03 Å². The Bertz CT molecular complexity index is 616. The van der Waals surface area contributed by atoms with Crippen LogP contribution in [-0.4, -0.2) is 43.6 Å². The van der Waals surface area contributed by atoms with Gasteiger partial charge in [0.2, 0.25) is 0 Å². The highest BCUT2D eigenvalue weighted by atomic mass is 16.5. The number of benzene rings is 1. The number of hydrogen-bond donors (Lipinski definition) is 2. The molecule has 1 fully saturated rings. The lowest BCUT2D eigenvalue weighted by Crippen LogP contribution is -2.43. The van der Waals surface area contributed by atoms with Gasteiger partial charge in [0, 0.05) is 20.1 Å². The van der Waals surface area contributed by atoms with Crippen molar-refractivity contribution in [3.05, 3.63) is 23.8 Å². The molecule has 0 aromatic heterocycles. The Morgan fingerprint density at radius 1 is 1.24 bits per heavy atom.